The van der Waals surface area contributed by atoms with Gasteiger partial charge in [-0.05, 0) is 31.5 Å². The number of urea groups is 1. The van der Waals surface area contributed by atoms with E-state index in [2.05, 4.69) is 10.6 Å². The van der Waals surface area contributed by atoms with Gasteiger partial charge in [-0.3, -0.25) is 0 Å². The third kappa shape index (κ3) is 4.71. The van der Waals surface area contributed by atoms with E-state index in [1.807, 2.05) is 0 Å². The average molecular weight is 301 g/mol. The quantitative estimate of drug-likeness (QED) is 0.663. The molecule has 2 amide bonds. The van der Waals surface area contributed by atoms with Crippen LogP contribution in [0.25, 0.3) is 0 Å². The first kappa shape index (κ1) is 16.3. The van der Waals surface area contributed by atoms with Gasteiger partial charge in [0.25, 0.3) is 0 Å². The molecule has 0 saturated carbocycles. The molecule has 1 aromatic carbocycles. The molecular formula is C13H17ClN2O4. The SMILES string of the molecule is CC(NC(=O)N[C@H](C(=O)O)[C@@H](C)O)c1cccc(Cl)c1. The lowest BCUT2D eigenvalue weighted by atomic mass is 10.1. The van der Waals surface area contributed by atoms with Crippen LogP contribution >= 0.6 is 11.6 Å². The Morgan fingerprint density at radius 1 is 1.25 bits per heavy atom. The Balaban J connectivity index is 2.64. The van der Waals surface area contributed by atoms with Crippen LogP contribution in [0.5, 0.6) is 0 Å². The first-order chi connectivity index (χ1) is 9.31. The molecule has 6 nitrogen and oxygen atoms in total. The van der Waals surface area contributed by atoms with Gasteiger partial charge in [0.1, 0.15) is 0 Å². The molecule has 0 aliphatic heterocycles. The summed E-state index contributed by atoms with van der Waals surface area (Å²) in [6.45, 7) is 3.03. The number of hydrogen-bond donors (Lipinski definition) is 4. The van der Waals surface area contributed by atoms with E-state index in [9.17, 15) is 14.7 Å². The molecular weight excluding hydrogens is 284 g/mol. The molecule has 0 aromatic heterocycles. The minimum atomic E-state index is -1.36. The van der Waals surface area contributed by atoms with E-state index in [1.54, 1.807) is 31.2 Å². The molecule has 4 N–H and O–H groups in total. The highest BCUT2D eigenvalue weighted by molar-refractivity contribution is 6.30. The van der Waals surface area contributed by atoms with Crippen LogP contribution in [0.15, 0.2) is 24.3 Å². The summed E-state index contributed by atoms with van der Waals surface area (Å²) in [5.74, 6) is -1.30. The monoisotopic (exact) mass is 300 g/mol. The summed E-state index contributed by atoms with van der Waals surface area (Å²) < 4.78 is 0. The maximum Gasteiger partial charge on any atom is 0.328 e. The first-order valence-electron chi connectivity index (χ1n) is 6.04. The number of amides is 2. The molecule has 20 heavy (non-hydrogen) atoms. The second-order valence-corrected chi connectivity index (χ2v) is 4.89. The minimum absolute atomic E-state index is 0.350. The van der Waals surface area contributed by atoms with Crippen LogP contribution in [0.1, 0.15) is 25.5 Å². The Labute approximate surface area is 121 Å². The predicted octanol–water partition coefficient (Wildman–Crippen LogP) is 1.53. The van der Waals surface area contributed by atoms with E-state index in [0.29, 0.717) is 5.02 Å². The van der Waals surface area contributed by atoms with Crippen LogP contribution < -0.4 is 10.6 Å². The molecule has 0 bridgehead atoms. The molecule has 0 fully saturated rings. The van der Waals surface area contributed by atoms with Crippen molar-refractivity contribution in [3.05, 3.63) is 34.9 Å². The number of carbonyl (C=O) groups is 2. The van der Waals surface area contributed by atoms with E-state index < -0.39 is 24.1 Å². The van der Waals surface area contributed by atoms with Crippen molar-refractivity contribution in [2.24, 2.45) is 0 Å². The van der Waals surface area contributed by atoms with Crippen molar-refractivity contribution in [1.82, 2.24) is 10.6 Å². The normalized spacial score (nSPS) is 15.0. The summed E-state index contributed by atoms with van der Waals surface area (Å²) >= 11 is 5.85. The number of rotatable bonds is 5. The van der Waals surface area contributed by atoms with Crippen molar-refractivity contribution in [1.29, 1.82) is 0 Å². The van der Waals surface area contributed by atoms with Crippen LogP contribution in [-0.2, 0) is 4.79 Å². The molecule has 0 aliphatic rings. The second kappa shape index (κ2) is 7.12. The van der Waals surface area contributed by atoms with Crippen molar-refractivity contribution in [3.8, 4) is 0 Å². The van der Waals surface area contributed by atoms with Gasteiger partial charge in [0.05, 0.1) is 12.1 Å². The van der Waals surface area contributed by atoms with E-state index in [-0.39, 0.29) is 6.04 Å². The highest BCUT2D eigenvalue weighted by Crippen LogP contribution is 2.17. The fraction of sp³-hybridized carbons (Fsp3) is 0.385. The number of aliphatic hydroxyl groups excluding tert-OH is 1. The van der Waals surface area contributed by atoms with Crippen molar-refractivity contribution < 1.29 is 19.8 Å². The molecule has 1 rings (SSSR count). The number of carboxylic acids is 1. The van der Waals surface area contributed by atoms with Crippen molar-refractivity contribution >= 4 is 23.6 Å². The lowest BCUT2D eigenvalue weighted by molar-refractivity contribution is -0.141. The Hall–Kier alpha value is -1.79. The van der Waals surface area contributed by atoms with Gasteiger partial charge in [0, 0.05) is 5.02 Å². The Morgan fingerprint density at radius 2 is 1.90 bits per heavy atom. The molecule has 0 heterocycles. The standard InChI is InChI=1S/C13H17ClN2O4/c1-7(9-4-3-5-10(14)6-9)15-13(20)16-11(8(2)17)12(18)19/h3-8,11,17H,1-2H3,(H,18,19)(H2,15,16,20)/t7?,8-,11+/m1/s1. The van der Waals surface area contributed by atoms with Gasteiger partial charge in [-0.2, -0.15) is 0 Å². The van der Waals surface area contributed by atoms with Gasteiger partial charge in [0.2, 0.25) is 0 Å². The number of hydrogen-bond acceptors (Lipinski definition) is 3. The smallest absolute Gasteiger partial charge is 0.328 e. The van der Waals surface area contributed by atoms with Gasteiger partial charge >= 0.3 is 12.0 Å². The van der Waals surface area contributed by atoms with E-state index in [1.165, 1.54) is 6.92 Å². The minimum Gasteiger partial charge on any atom is -0.480 e. The molecule has 110 valence electrons. The molecule has 1 aromatic rings. The number of carbonyl (C=O) groups excluding carboxylic acids is 1. The number of carboxylic acid groups (broad SMARTS) is 1. The summed E-state index contributed by atoms with van der Waals surface area (Å²) in [5, 5.41) is 23.5. The van der Waals surface area contributed by atoms with E-state index in [0.717, 1.165) is 5.56 Å². The lowest BCUT2D eigenvalue weighted by Crippen LogP contribution is -2.51. The van der Waals surface area contributed by atoms with Crippen molar-refractivity contribution in [3.63, 3.8) is 0 Å². The van der Waals surface area contributed by atoms with Gasteiger partial charge in [0.15, 0.2) is 6.04 Å². The average Bonchev–Trinajstić information content (AvgIpc) is 2.35. The van der Waals surface area contributed by atoms with Crippen molar-refractivity contribution in [2.75, 3.05) is 0 Å². The number of halogens is 1. The number of aliphatic hydroxyl groups is 1. The Kier molecular flexibility index (Phi) is 5.79. The van der Waals surface area contributed by atoms with E-state index in [4.69, 9.17) is 16.7 Å². The van der Waals surface area contributed by atoms with Crippen LogP contribution in [0.2, 0.25) is 5.02 Å². The lowest BCUT2D eigenvalue weighted by Gasteiger charge is -2.20. The maximum absolute atomic E-state index is 11.7. The molecule has 7 heteroatoms. The van der Waals surface area contributed by atoms with Crippen LogP contribution in [-0.4, -0.2) is 34.4 Å². The summed E-state index contributed by atoms with van der Waals surface area (Å²) in [4.78, 5) is 22.6. The molecule has 0 spiro atoms. The topological polar surface area (TPSA) is 98.7 Å². The molecule has 0 radical (unpaired) electrons. The summed E-state index contributed by atoms with van der Waals surface area (Å²) in [7, 11) is 0. The zero-order valence-corrected chi connectivity index (χ0v) is 11.9. The molecule has 3 atom stereocenters. The van der Waals surface area contributed by atoms with Gasteiger partial charge in [-0.25, -0.2) is 9.59 Å². The largest absolute Gasteiger partial charge is 0.480 e. The number of benzene rings is 1. The fourth-order valence-corrected chi connectivity index (χ4v) is 1.83. The molecule has 0 aliphatic carbocycles. The van der Waals surface area contributed by atoms with Crippen LogP contribution in [0, 0.1) is 0 Å². The fourth-order valence-electron chi connectivity index (χ4n) is 1.63. The summed E-state index contributed by atoms with van der Waals surface area (Å²) in [6, 6.07) is 4.58. The molecule has 0 saturated heterocycles. The second-order valence-electron chi connectivity index (χ2n) is 4.45. The summed E-state index contributed by atoms with van der Waals surface area (Å²) in [5.41, 5.74) is 0.788. The van der Waals surface area contributed by atoms with Crippen LogP contribution in [0.4, 0.5) is 4.79 Å². The van der Waals surface area contributed by atoms with E-state index >= 15 is 0 Å². The van der Waals surface area contributed by atoms with Gasteiger partial charge < -0.3 is 20.8 Å². The third-order valence-corrected chi connectivity index (χ3v) is 2.97. The van der Waals surface area contributed by atoms with Gasteiger partial charge in [-0.1, -0.05) is 23.7 Å². The predicted molar refractivity (Wildman–Crippen MR) is 74.6 cm³/mol. The highest BCUT2D eigenvalue weighted by Gasteiger charge is 2.25. The van der Waals surface area contributed by atoms with Crippen LogP contribution in [0.3, 0.4) is 0 Å². The Morgan fingerprint density at radius 3 is 2.40 bits per heavy atom. The maximum atomic E-state index is 11.7. The zero-order chi connectivity index (χ0) is 15.3. The number of aliphatic carboxylic acids is 1. The number of nitrogens with one attached hydrogen (secondary N) is 2. The third-order valence-electron chi connectivity index (χ3n) is 2.73. The van der Waals surface area contributed by atoms with Crippen molar-refractivity contribution in [2.45, 2.75) is 32.0 Å². The summed E-state index contributed by atoms with van der Waals surface area (Å²) in [6.07, 6.45) is -1.19. The molecule has 1 unspecified atom stereocenters. The Bertz CT molecular complexity index is 493. The van der Waals surface area contributed by atoms with Gasteiger partial charge in [-0.15, -0.1) is 0 Å². The zero-order valence-electron chi connectivity index (χ0n) is 11.1. The first-order valence-corrected chi connectivity index (χ1v) is 6.42. The highest BCUT2D eigenvalue weighted by atomic mass is 35.5.